The molecule has 0 bridgehead atoms. The molecule has 4 rings (SSSR count). The number of nitrogens with zero attached hydrogens (tertiary/aromatic N) is 2. The predicted octanol–water partition coefficient (Wildman–Crippen LogP) is 4.90. The van der Waals surface area contributed by atoms with E-state index in [0.717, 1.165) is 54.4 Å². The molecule has 33 heavy (non-hydrogen) atoms. The highest BCUT2D eigenvalue weighted by atomic mass is 32.2. The van der Waals surface area contributed by atoms with E-state index in [0.29, 0.717) is 17.7 Å². The second-order valence-corrected chi connectivity index (χ2v) is 10.7. The molecule has 2 aromatic rings. The van der Waals surface area contributed by atoms with Crippen molar-refractivity contribution in [3.05, 3.63) is 36.0 Å². The van der Waals surface area contributed by atoms with E-state index < -0.39 is 5.97 Å². The quantitative estimate of drug-likeness (QED) is 0.468. The van der Waals surface area contributed by atoms with E-state index in [4.69, 9.17) is 4.74 Å². The first-order valence-corrected chi connectivity index (χ1v) is 13.1. The number of fused-ring (bicyclic) bond motifs is 1. The summed E-state index contributed by atoms with van der Waals surface area (Å²) in [7, 11) is 1.61. The van der Waals surface area contributed by atoms with Crippen molar-refractivity contribution >= 4 is 34.4 Å². The second-order valence-electron chi connectivity index (χ2n) is 9.33. The number of hydrogen-bond acceptors (Lipinski definition) is 6. The van der Waals surface area contributed by atoms with E-state index in [1.807, 2.05) is 18.2 Å². The number of carbonyl (C=O) groups excluding carboxylic acids is 1. The first-order chi connectivity index (χ1) is 16.0. The van der Waals surface area contributed by atoms with Crippen LogP contribution in [0.25, 0.3) is 10.9 Å². The van der Waals surface area contributed by atoms with Gasteiger partial charge in [-0.1, -0.05) is 6.42 Å². The molecule has 178 valence electrons. The first-order valence-electron chi connectivity index (χ1n) is 12.0. The topological polar surface area (TPSA) is 79.7 Å². The molecular formula is C26H34N2O4S. The van der Waals surface area contributed by atoms with Crippen LogP contribution in [0.4, 0.5) is 0 Å². The third-order valence-electron chi connectivity index (χ3n) is 7.22. The number of carboxylic acid groups (broad SMARTS) is 1. The van der Waals surface area contributed by atoms with Crippen LogP contribution in [0, 0.1) is 11.8 Å². The Morgan fingerprint density at radius 1 is 1.21 bits per heavy atom. The normalized spacial score (nSPS) is 21.6. The lowest BCUT2D eigenvalue weighted by Crippen LogP contribution is -2.42. The number of ketones is 1. The minimum atomic E-state index is -0.741. The lowest BCUT2D eigenvalue weighted by molar-refractivity contribution is -0.139. The summed E-state index contributed by atoms with van der Waals surface area (Å²) in [6.07, 6.45) is 8.04. The Kier molecular flexibility index (Phi) is 8.25. The number of carboxylic acids is 1. The van der Waals surface area contributed by atoms with Crippen molar-refractivity contribution in [1.82, 2.24) is 9.88 Å². The van der Waals surface area contributed by atoms with E-state index in [2.05, 4.69) is 21.6 Å². The van der Waals surface area contributed by atoms with Crippen LogP contribution in [0.5, 0.6) is 5.75 Å². The molecule has 2 fully saturated rings. The molecule has 0 radical (unpaired) electrons. The van der Waals surface area contributed by atoms with Gasteiger partial charge in [-0.15, -0.1) is 0 Å². The van der Waals surface area contributed by atoms with Gasteiger partial charge in [0.25, 0.3) is 0 Å². The Hall–Kier alpha value is -2.12. The zero-order valence-corrected chi connectivity index (χ0v) is 20.2. The Balaban J connectivity index is 1.35. The van der Waals surface area contributed by atoms with Crippen molar-refractivity contribution in [3.63, 3.8) is 0 Å². The molecule has 1 aromatic carbocycles. The van der Waals surface area contributed by atoms with Crippen molar-refractivity contribution in [2.24, 2.45) is 11.8 Å². The van der Waals surface area contributed by atoms with Crippen molar-refractivity contribution in [3.8, 4) is 5.75 Å². The third kappa shape index (κ3) is 6.27. The van der Waals surface area contributed by atoms with Gasteiger partial charge < -0.3 is 14.7 Å². The summed E-state index contributed by atoms with van der Waals surface area (Å²) in [4.78, 5) is 31.5. The number of ether oxygens (including phenoxy) is 1. The molecule has 1 saturated carbocycles. The summed E-state index contributed by atoms with van der Waals surface area (Å²) in [6, 6.07) is 7.36. The summed E-state index contributed by atoms with van der Waals surface area (Å²) in [5.74, 6) is 1.55. The molecule has 7 heteroatoms. The number of rotatable bonds is 11. The molecule has 2 unspecified atom stereocenters. The molecule has 1 aliphatic carbocycles. The summed E-state index contributed by atoms with van der Waals surface area (Å²) >= 11 is 2.07. The maximum absolute atomic E-state index is 13.1. The Morgan fingerprint density at radius 3 is 2.79 bits per heavy atom. The van der Waals surface area contributed by atoms with E-state index in [-0.39, 0.29) is 24.0 Å². The highest BCUT2D eigenvalue weighted by molar-refractivity contribution is 7.99. The Morgan fingerprint density at radius 2 is 2.06 bits per heavy atom. The van der Waals surface area contributed by atoms with Gasteiger partial charge >= 0.3 is 5.97 Å². The van der Waals surface area contributed by atoms with Gasteiger partial charge in [-0.3, -0.25) is 14.6 Å². The molecule has 6 nitrogen and oxygen atoms in total. The fraction of sp³-hybridized carbons (Fsp3) is 0.577. The van der Waals surface area contributed by atoms with Crippen LogP contribution in [0.3, 0.4) is 0 Å². The number of pyridine rings is 1. The lowest BCUT2D eigenvalue weighted by atomic mass is 9.79. The van der Waals surface area contributed by atoms with Crippen LogP contribution in [-0.4, -0.2) is 64.5 Å². The van der Waals surface area contributed by atoms with Gasteiger partial charge in [-0.25, -0.2) is 0 Å². The summed E-state index contributed by atoms with van der Waals surface area (Å²) in [5.41, 5.74) is 1.44. The number of thioether (sulfide) groups is 1. The Bertz CT molecular complexity index is 978. The SMILES string of the molecule is COc1ccc2nccc(C(=O)CCC3CCN(CCSC4CCC4)CC3CC(=O)O)c2c1. The summed E-state index contributed by atoms with van der Waals surface area (Å²) < 4.78 is 5.32. The molecule has 0 amide bonds. The number of aromatic nitrogens is 1. The van der Waals surface area contributed by atoms with Gasteiger partial charge in [0.05, 0.1) is 12.6 Å². The van der Waals surface area contributed by atoms with Gasteiger partial charge in [0.1, 0.15) is 5.75 Å². The number of benzene rings is 1. The summed E-state index contributed by atoms with van der Waals surface area (Å²) in [5, 5.41) is 11.1. The number of piperidine rings is 1. The van der Waals surface area contributed by atoms with E-state index in [1.54, 1.807) is 19.4 Å². The molecular weight excluding hydrogens is 436 g/mol. The van der Waals surface area contributed by atoms with Crippen molar-refractivity contribution < 1.29 is 19.4 Å². The average Bonchev–Trinajstić information content (AvgIpc) is 2.78. The fourth-order valence-electron chi connectivity index (χ4n) is 5.03. The standard InChI is InChI=1S/C26H34N2O4S/c1-32-20-6-7-24-23(16-20)22(9-11-27-24)25(29)8-5-18-10-12-28(17-19(18)15-26(30)31)13-14-33-21-3-2-4-21/h6-7,9,11,16,18-19,21H,2-5,8,10,12-15,17H2,1H3,(H,30,31). The van der Waals surface area contributed by atoms with Crippen LogP contribution in [0.1, 0.15) is 55.3 Å². The smallest absolute Gasteiger partial charge is 0.303 e. The largest absolute Gasteiger partial charge is 0.497 e. The van der Waals surface area contributed by atoms with Crippen molar-refractivity contribution in [2.75, 3.05) is 32.5 Å². The van der Waals surface area contributed by atoms with Crippen LogP contribution >= 0.6 is 11.8 Å². The zero-order chi connectivity index (χ0) is 23.2. The molecule has 2 aliphatic rings. The maximum atomic E-state index is 13.1. The van der Waals surface area contributed by atoms with E-state index in [9.17, 15) is 14.7 Å². The number of aliphatic carboxylic acids is 1. The third-order valence-corrected chi connectivity index (χ3v) is 8.58. The molecule has 0 spiro atoms. The zero-order valence-electron chi connectivity index (χ0n) is 19.4. The van der Waals surface area contributed by atoms with Crippen molar-refractivity contribution in [1.29, 1.82) is 0 Å². The van der Waals surface area contributed by atoms with Crippen LogP contribution in [0.2, 0.25) is 0 Å². The maximum Gasteiger partial charge on any atom is 0.303 e. The van der Waals surface area contributed by atoms with Crippen LogP contribution in [0.15, 0.2) is 30.5 Å². The molecule has 2 atom stereocenters. The molecule has 1 aliphatic heterocycles. The number of Topliss-reactive ketones (excluding diaryl/α,β-unsaturated/α-hetero) is 1. The number of methoxy groups -OCH3 is 1. The fourth-order valence-corrected chi connectivity index (χ4v) is 6.39. The Labute approximate surface area is 200 Å². The van der Waals surface area contributed by atoms with E-state index >= 15 is 0 Å². The van der Waals surface area contributed by atoms with Crippen molar-refractivity contribution in [2.45, 2.75) is 50.2 Å². The minimum absolute atomic E-state index is 0.0871. The first kappa shape index (κ1) is 24.0. The molecule has 1 aromatic heterocycles. The molecule has 1 saturated heterocycles. The van der Waals surface area contributed by atoms with Gasteiger partial charge in [0.15, 0.2) is 5.78 Å². The molecule has 1 N–H and O–H groups in total. The lowest BCUT2D eigenvalue weighted by Gasteiger charge is -2.38. The summed E-state index contributed by atoms with van der Waals surface area (Å²) in [6.45, 7) is 2.86. The highest BCUT2D eigenvalue weighted by Gasteiger charge is 2.31. The molecule has 2 heterocycles. The average molecular weight is 471 g/mol. The highest BCUT2D eigenvalue weighted by Crippen LogP contribution is 2.33. The minimum Gasteiger partial charge on any atom is -0.497 e. The van der Waals surface area contributed by atoms with Gasteiger partial charge in [-0.2, -0.15) is 11.8 Å². The second kappa shape index (κ2) is 11.3. The van der Waals surface area contributed by atoms with E-state index in [1.165, 1.54) is 19.3 Å². The van der Waals surface area contributed by atoms with Gasteiger partial charge in [0, 0.05) is 54.1 Å². The van der Waals surface area contributed by atoms with Crippen LogP contribution < -0.4 is 4.74 Å². The number of likely N-dealkylation sites (tertiary alicyclic amines) is 1. The number of hydrogen-bond donors (Lipinski definition) is 1. The van der Waals surface area contributed by atoms with Gasteiger partial charge in [-0.05, 0) is 68.3 Å². The number of carbonyl (C=O) groups is 2. The van der Waals surface area contributed by atoms with Crippen LogP contribution in [-0.2, 0) is 4.79 Å². The van der Waals surface area contributed by atoms with Gasteiger partial charge in [0.2, 0.25) is 0 Å². The monoisotopic (exact) mass is 470 g/mol. The predicted molar refractivity (Wildman–Crippen MR) is 132 cm³/mol.